The van der Waals surface area contributed by atoms with Gasteiger partial charge in [-0.2, -0.15) is 5.26 Å². The molecule has 1 atom stereocenters. The molecule has 0 saturated heterocycles. The molecule has 21 heavy (non-hydrogen) atoms. The molecule has 4 heteroatoms. The number of hydrogen-bond acceptors (Lipinski definition) is 4. The summed E-state index contributed by atoms with van der Waals surface area (Å²) in [5.41, 5.74) is 1.23. The van der Waals surface area contributed by atoms with Crippen molar-refractivity contribution in [1.82, 2.24) is 0 Å². The third kappa shape index (κ3) is 3.33. The van der Waals surface area contributed by atoms with Gasteiger partial charge in [0, 0.05) is 11.6 Å². The van der Waals surface area contributed by atoms with Gasteiger partial charge in [-0.3, -0.25) is 0 Å². The molecule has 0 saturated carbocycles. The highest BCUT2D eigenvalue weighted by atomic mass is 16.5. The minimum atomic E-state index is -0.578. The Morgan fingerprint density at radius 2 is 1.90 bits per heavy atom. The zero-order valence-electron chi connectivity index (χ0n) is 12.0. The first kappa shape index (κ1) is 14.9. The molecule has 0 aliphatic carbocycles. The fourth-order valence-electron chi connectivity index (χ4n) is 2.01. The molecule has 0 fully saturated rings. The molecule has 0 aliphatic rings. The summed E-state index contributed by atoms with van der Waals surface area (Å²) in [5.74, 6) is 1.57. The number of para-hydroxylation sites is 1. The number of nitriles is 1. The van der Waals surface area contributed by atoms with E-state index >= 15 is 0 Å². The average Bonchev–Trinajstić information content (AvgIpc) is 2.55. The Balaban J connectivity index is 2.37. The maximum absolute atomic E-state index is 10.0. The second-order valence-electron chi connectivity index (χ2n) is 4.54. The predicted octanol–water partition coefficient (Wildman–Crippen LogP) is 3.80. The summed E-state index contributed by atoms with van der Waals surface area (Å²) in [5, 5.41) is 19.0. The molecule has 2 aromatic carbocycles. The van der Waals surface area contributed by atoms with E-state index in [0.717, 1.165) is 5.56 Å². The van der Waals surface area contributed by atoms with E-state index in [1.54, 1.807) is 24.3 Å². The number of nitrogens with zero attached hydrogens (tertiary/aromatic N) is 1. The second kappa shape index (κ2) is 6.78. The van der Waals surface area contributed by atoms with Crippen molar-refractivity contribution in [2.75, 3.05) is 7.11 Å². The van der Waals surface area contributed by atoms with E-state index in [2.05, 4.69) is 6.07 Å². The number of aliphatic hydroxyl groups is 1. The van der Waals surface area contributed by atoms with E-state index in [-0.39, 0.29) is 0 Å². The number of benzene rings is 2. The van der Waals surface area contributed by atoms with Gasteiger partial charge in [0.2, 0.25) is 0 Å². The first-order valence-corrected chi connectivity index (χ1v) is 6.72. The number of hydrogen-bond donors (Lipinski definition) is 1. The Kier molecular flexibility index (Phi) is 4.81. The fourth-order valence-corrected chi connectivity index (χ4v) is 2.01. The molecule has 1 N–H and O–H groups in total. The normalized spacial score (nSPS) is 11.5. The van der Waals surface area contributed by atoms with Gasteiger partial charge in [0.05, 0.1) is 24.8 Å². The van der Waals surface area contributed by atoms with E-state index < -0.39 is 6.10 Å². The van der Waals surface area contributed by atoms with Gasteiger partial charge < -0.3 is 14.6 Å². The lowest BCUT2D eigenvalue weighted by molar-refractivity contribution is 0.170. The maximum Gasteiger partial charge on any atom is 0.169 e. The second-order valence-corrected chi connectivity index (χ2v) is 4.54. The molecule has 0 spiro atoms. The van der Waals surface area contributed by atoms with Crippen molar-refractivity contribution in [2.24, 2.45) is 0 Å². The molecule has 0 heterocycles. The van der Waals surface area contributed by atoms with E-state index in [9.17, 15) is 5.11 Å². The smallest absolute Gasteiger partial charge is 0.169 e. The van der Waals surface area contributed by atoms with Gasteiger partial charge in [0.1, 0.15) is 5.75 Å². The van der Waals surface area contributed by atoms with E-state index in [1.807, 2.05) is 25.1 Å². The SMILES string of the molecule is CC[C@@H](O)c1ccccc1Oc1ccc(C#N)cc1OC. The zero-order valence-corrected chi connectivity index (χ0v) is 12.0. The Hall–Kier alpha value is -2.51. The van der Waals surface area contributed by atoms with Crippen LogP contribution in [0.25, 0.3) is 0 Å². The van der Waals surface area contributed by atoms with Crippen LogP contribution in [-0.2, 0) is 0 Å². The number of rotatable bonds is 5. The van der Waals surface area contributed by atoms with Crippen molar-refractivity contribution in [3.63, 3.8) is 0 Å². The summed E-state index contributed by atoms with van der Waals surface area (Å²) in [6.07, 6.45) is 0.0239. The summed E-state index contributed by atoms with van der Waals surface area (Å²) in [7, 11) is 1.52. The molecule has 4 nitrogen and oxygen atoms in total. The lowest BCUT2D eigenvalue weighted by Crippen LogP contribution is -1.99. The van der Waals surface area contributed by atoms with Crippen LogP contribution in [0.4, 0.5) is 0 Å². The van der Waals surface area contributed by atoms with Gasteiger partial charge in [-0.25, -0.2) is 0 Å². The summed E-state index contributed by atoms with van der Waals surface area (Å²) in [6.45, 7) is 1.91. The molecule has 0 aliphatic heterocycles. The molecule has 0 amide bonds. The van der Waals surface area contributed by atoms with E-state index in [4.69, 9.17) is 14.7 Å². The van der Waals surface area contributed by atoms with Crippen molar-refractivity contribution in [3.8, 4) is 23.3 Å². The first-order valence-electron chi connectivity index (χ1n) is 6.72. The van der Waals surface area contributed by atoms with Crippen molar-refractivity contribution >= 4 is 0 Å². The molecular weight excluding hydrogens is 266 g/mol. The van der Waals surface area contributed by atoms with Crippen molar-refractivity contribution in [3.05, 3.63) is 53.6 Å². The van der Waals surface area contributed by atoms with Crippen molar-refractivity contribution < 1.29 is 14.6 Å². The molecule has 0 aromatic heterocycles. The monoisotopic (exact) mass is 283 g/mol. The molecule has 0 unspecified atom stereocenters. The van der Waals surface area contributed by atoms with Crippen molar-refractivity contribution in [2.45, 2.75) is 19.4 Å². The molecule has 0 bridgehead atoms. The van der Waals surface area contributed by atoms with E-state index in [1.165, 1.54) is 7.11 Å². The largest absolute Gasteiger partial charge is 0.493 e. The fraction of sp³-hybridized carbons (Fsp3) is 0.235. The highest BCUT2D eigenvalue weighted by Crippen LogP contribution is 2.36. The number of ether oxygens (including phenoxy) is 2. The van der Waals surface area contributed by atoms with Gasteiger partial charge in [-0.05, 0) is 24.6 Å². The number of aliphatic hydroxyl groups excluding tert-OH is 1. The van der Waals surface area contributed by atoms with Crippen LogP contribution in [0.2, 0.25) is 0 Å². The van der Waals surface area contributed by atoms with Crippen LogP contribution in [0.3, 0.4) is 0 Å². The standard InChI is InChI=1S/C17H17NO3/c1-3-14(19)13-6-4-5-7-15(13)21-16-9-8-12(11-18)10-17(16)20-2/h4-10,14,19H,3H2,1-2H3/t14-/m1/s1. The minimum Gasteiger partial charge on any atom is -0.493 e. The third-order valence-electron chi connectivity index (χ3n) is 3.18. The van der Waals surface area contributed by atoms with Gasteiger partial charge >= 0.3 is 0 Å². The summed E-state index contributed by atoms with van der Waals surface area (Å²) in [4.78, 5) is 0. The Morgan fingerprint density at radius 3 is 2.57 bits per heavy atom. The molecular formula is C17H17NO3. The average molecular weight is 283 g/mol. The third-order valence-corrected chi connectivity index (χ3v) is 3.18. The first-order chi connectivity index (χ1) is 10.2. The molecule has 108 valence electrons. The Morgan fingerprint density at radius 1 is 1.14 bits per heavy atom. The van der Waals surface area contributed by atoms with Crippen LogP contribution in [0, 0.1) is 11.3 Å². The summed E-state index contributed by atoms with van der Waals surface area (Å²) >= 11 is 0. The topological polar surface area (TPSA) is 62.5 Å². The van der Waals surface area contributed by atoms with Gasteiger partial charge in [0.15, 0.2) is 11.5 Å². The van der Waals surface area contributed by atoms with Crippen LogP contribution in [0.15, 0.2) is 42.5 Å². The Bertz CT molecular complexity index is 661. The minimum absolute atomic E-state index is 0.481. The van der Waals surface area contributed by atoms with Crippen LogP contribution in [0.1, 0.15) is 30.6 Å². The van der Waals surface area contributed by atoms with Crippen molar-refractivity contribution in [1.29, 1.82) is 5.26 Å². The van der Waals surface area contributed by atoms with Crippen LogP contribution in [0.5, 0.6) is 17.2 Å². The quantitative estimate of drug-likeness (QED) is 0.906. The van der Waals surface area contributed by atoms with Gasteiger partial charge in [-0.1, -0.05) is 25.1 Å². The lowest BCUT2D eigenvalue weighted by Gasteiger charge is -2.16. The molecule has 0 radical (unpaired) electrons. The van der Waals surface area contributed by atoms with Crippen LogP contribution >= 0.6 is 0 Å². The lowest BCUT2D eigenvalue weighted by atomic mass is 10.1. The molecule has 2 rings (SSSR count). The summed E-state index contributed by atoms with van der Waals surface area (Å²) in [6, 6.07) is 14.4. The van der Waals surface area contributed by atoms with E-state index in [0.29, 0.717) is 29.2 Å². The number of methoxy groups -OCH3 is 1. The maximum atomic E-state index is 10.0. The highest BCUT2D eigenvalue weighted by molar-refractivity contribution is 5.49. The molecule has 2 aromatic rings. The Labute approximate surface area is 124 Å². The van der Waals surface area contributed by atoms with Crippen LogP contribution in [-0.4, -0.2) is 12.2 Å². The van der Waals surface area contributed by atoms with Gasteiger partial charge in [-0.15, -0.1) is 0 Å². The zero-order chi connectivity index (χ0) is 15.2. The summed E-state index contributed by atoms with van der Waals surface area (Å²) < 4.78 is 11.1. The van der Waals surface area contributed by atoms with Gasteiger partial charge in [0.25, 0.3) is 0 Å². The van der Waals surface area contributed by atoms with Crippen LogP contribution < -0.4 is 9.47 Å². The predicted molar refractivity (Wildman–Crippen MR) is 79.5 cm³/mol. The highest BCUT2D eigenvalue weighted by Gasteiger charge is 2.14.